The Hall–Kier alpha value is -2.37. The molecule has 120 valence electrons. The molecular weight excluding hydrogens is 295 g/mol. The zero-order valence-electron chi connectivity index (χ0n) is 12.9. The molecule has 0 fully saturated rings. The second-order valence-corrected chi connectivity index (χ2v) is 5.39. The minimum Gasteiger partial charge on any atom is -0.397 e. The van der Waals surface area contributed by atoms with Crippen molar-refractivity contribution in [3.8, 4) is 11.3 Å². The molecule has 1 aromatic heterocycles. The minimum atomic E-state index is -0.263. The number of rotatable bonds is 6. The minimum absolute atomic E-state index is 0.263. The third kappa shape index (κ3) is 3.52. The van der Waals surface area contributed by atoms with Gasteiger partial charge in [-0.2, -0.15) is 0 Å². The Morgan fingerprint density at radius 2 is 2.00 bits per heavy atom. The average molecular weight is 314 g/mol. The molecule has 0 bridgehead atoms. The van der Waals surface area contributed by atoms with Crippen molar-refractivity contribution in [2.24, 2.45) is 0 Å². The van der Waals surface area contributed by atoms with E-state index in [-0.39, 0.29) is 5.82 Å². The first-order valence-corrected chi connectivity index (χ1v) is 7.41. The van der Waals surface area contributed by atoms with Crippen LogP contribution in [-0.2, 0) is 16.1 Å². The van der Waals surface area contributed by atoms with Gasteiger partial charge >= 0.3 is 0 Å². The molecule has 0 radical (unpaired) electrons. The van der Waals surface area contributed by atoms with E-state index >= 15 is 0 Å². The second kappa shape index (κ2) is 6.81. The number of nitrogen functional groups attached to an aromatic ring is 1. The number of hydrogen-bond acceptors (Lipinski definition) is 3. The zero-order valence-corrected chi connectivity index (χ0v) is 12.9. The van der Waals surface area contributed by atoms with E-state index in [1.165, 1.54) is 12.1 Å². The summed E-state index contributed by atoms with van der Waals surface area (Å²) in [4.78, 5) is 3.26. The van der Waals surface area contributed by atoms with Crippen LogP contribution in [0.15, 0.2) is 42.5 Å². The van der Waals surface area contributed by atoms with Crippen LogP contribution in [0.4, 0.5) is 10.1 Å². The molecule has 0 saturated heterocycles. The molecule has 0 amide bonds. The molecule has 4 nitrogen and oxygen atoms in total. The molecule has 2 aromatic carbocycles. The quantitative estimate of drug-likeness (QED) is 0.538. The Balaban J connectivity index is 1.88. The molecule has 3 N–H and O–H groups in total. The van der Waals surface area contributed by atoms with Gasteiger partial charge in [0.25, 0.3) is 0 Å². The van der Waals surface area contributed by atoms with Crippen LogP contribution in [0.2, 0.25) is 0 Å². The lowest BCUT2D eigenvalue weighted by atomic mass is 10.1. The van der Waals surface area contributed by atoms with E-state index in [0.717, 1.165) is 27.7 Å². The van der Waals surface area contributed by atoms with Gasteiger partial charge in [-0.25, -0.2) is 4.39 Å². The van der Waals surface area contributed by atoms with Crippen LogP contribution in [0.3, 0.4) is 0 Å². The van der Waals surface area contributed by atoms with Crippen molar-refractivity contribution in [2.45, 2.75) is 6.61 Å². The summed E-state index contributed by atoms with van der Waals surface area (Å²) in [6.07, 6.45) is 0. The molecule has 0 spiro atoms. The zero-order chi connectivity index (χ0) is 16.2. The lowest BCUT2D eigenvalue weighted by Crippen LogP contribution is -2.02. The molecule has 1 heterocycles. The van der Waals surface area contributed by atoms with Gasteiger partial charge in [-0.15, -0.1) is 0 Å². The number of hydrogen-bond donors (Lipinski definition) is 2. The average Bonchev–Trinajstić information content (AvgIpc) is 2.96. The van der Waals surface area contributed by atoms with Gasteiger partial charge in [0, 0.05) is 23.8 Å². The normalized spacial score (nSPS) is 11.2. The number of nitrogens with two attached hydrogens (primary N) is 1. The summed E-state index contributed by atoms with van der Waals surface area (Å²) in [5, 5.41) is 0.981. The van der Waals surface area contributed by atoms with Gasteiger partial charge in [0.05, 0.1) is 31.0 Å². The predicted octanol–water partition coefficient (Wildman–Crippen LogP) is 3.72. The highest BCUT2D eigenvalue weighted by molar-refractivity contribution is 5.94. The molecular formula is C18H19FN2O2. The maximum Gasteiger partial charge on any atom is 0.123 e. The van der Waals surface area contributed by atoms with Crippen LogP contribution >= 0.6 is 0 Å². The predicted molar refractivity (Wildman–Crippen MR) is 89.6 cm³/mol. The summed E-state index contributed by atoms with van der Waals surface area (Å²) < 4.78 is 23.9. The maximum atomic E-state index is 13.4. The van der Waals surface area contributed by atoms with Crippen LogP contribution in [0.1, 0.15) is 5.56 Å². The van der Waals surface area contributed by atoms with Gasteiger partial charge in [-0.3, -0.25) is 0 Å². The molecule has 3 rings (SSSR count). The van der Waals surface area contributed by atoms with E-state index < -0.39 is 0 Å². The van der Waals surface area contributed by atoms with E-state index in [1.807, 2.05) is 24.3 Å². The van der Waals surface area contributed by atoms with Crippen molar-refractivity contribution in [3.63, 3.8) is 0 Å². The first-order valence-electron chi connectivity index (χ1n) is 7.41. The first kappa shape index (κ1) is 15.5. The molecule has 0 aliphatic carbocycles. The van der Waals surface area contributed by atoms with Crippen LogP contribution in [0, 0.1) is 5.82 Å². The second-order valence-electron chi connectivity index (χ2n) is 5.39. The Morgan fingerprint density at radius 3 is 2.78 bits per heavy atom. The van der Waals surface area contributed by atoms with E-state index in [4.69, 9.17) is 15.2 Å². The Kier molecular flexibility index (Phi) is 4.60. The highest BCUT2D eigenvalue weighted by atomic mass is 19.1. The van der Waals surface area contributed by atoms with Gasteiger partial charge < -0.3 is 20.2 Å². The van der Waals surface area contributed by atoms with Crippen molar-refractivity contribution in [1.29, 1.82) is 0 Å². The lowest BCUT2D eigenvalue weighted by Gasteiger charge is -2.05. The largest absolute Gasteiger partial charge is 0.397 e. The Morgan fingerprint density at radius 1 is 1.13 bits per heavy atom. The molecule has 0 unspecified atom stereocenters. The summed E-state index contributed by atoms with van der Waals surface area (Å²) in [7, 11) is 1.64. The number of nitrogens with one attached hydrogen (secondary N) is 1. The SMILES string of the molecule is COCCOCc1cc(N)c2[nH]c(-c3cccc(F)c3)cc2c1. The lowest BCUT2D eigenvalue weighted by molar-refractivity contribution is 0.0617. The van der Waals surface area contributed by atoms with Gasteiger partial charge in [0.15, 0.2) is 0 Å². The number of halogens is 1. The number of ether oxygens (including phenoxy) is 2. The smallest absolute Gasteiger partial charge is 0.123 e. The fraction of sp³-hybridized carbons (Fsp3) is 0.222. The Labute approximate surface area is 134 Å². The van der Waals surface area contributed by atoms with Gasteiger partial charge in [-0.05, 0) is 35.9 Å². The fourth-order valence-electron chi connectivity index (χ4n) is 2.56. The third-order valence-electron chi connectivity index (χ3n) is 3.65. The van der Waals surface area contributed by atoms with E-state index in [9.17, 15) is 4.39 Å². The molecule has 23 heavy (non-hydrogen) atoms. The fourth-order valence-corrected chi connectivity index (χ4v) is 2.56. The molecule has 5 heteroatoms. The highest BCUT2D eigenvalue weighted by Crippen LogP contribution is 2.29. The first-order chi connectivity index (χ1) is 11.2. The number of benzene rings is 2. The number of aromatic nitrogens is 1. The van der Waals surface area contributed by atoms with Crippen molar-refractivity contribution < 1.29 is 13.9 Å². The summed E-state index contributed by atoms with van der Waals surface area (Å²) in [6.45, 7) is 1.58. The topological polar surface area (TPSA) is 60.3 Å². The van der Waals surface area contributed by atoms with Crippen molar-refractivity contribution in [3.05, 3.63) is 53.8 Å². The van der Waals surface area contributed by atoms with E-state index in [1.54, 1.807) is 13.2 Å². The summed E-state index contributed by atoms with van der Waals surface area (Å²) in [6, 6.07) is 12.4. The summed E-state index contributed by atoms with van der Waals surface area (Å²) in [5.41, 5.74) is 10.2. The van der Waals surface area contributed by atoms with Gasteiger partial charge in [-0.1, -0.05) is 12.1 Å². The number of fused-ring (bicyclic) bond motifs is 1. The highest BCUT2D eigenvalue weighted by Gasteiger charge is 2.08. The number of methoxy groups -OCH3 is 1. The van der Waals surface area contributed by atoms with Crippen LogP contribution in [-0.4, -0.2) is 25.3 Å². The van der Waals surface area contributed by atoms with Crippen molar-refractivity contribution >= 4 is 16.6 Å². The molecule has 0 aliphatic heterocycles. The van der Waals surface area contributed by atoms with E-state index in [2.05, 4.69) is 4.98 Å². The summed E-state index contributed by atoms with van der Waals surface area (Å²) >= 11 is 0. The van der Waals surface area contributed by atoms with Gasteiger partial charge in [0.1, 0.15) is 5.82 Å². The van der Waals surface area contributed by atoms with Crippen molar-refractivity contribution in [1.82, 2.24) is 4.98 Å². The number of aromatic amines is 1. The Bertz CT molecular complexity index is 814. The molecule has 0 saturated carbocycles. The maximum absolute atomic E-state index is 13.4. The molecule has 3 aromatic rings. The summed E-state index contributed by atoms with van der Waals surface area (Å²) in [5.74, 6) is -0.263. The van der Waals surface area contributed by atoms with Crippen LogP contribution in [0.5, 0.6) is 0 Å². The van der Waals surface area contributed by atoms with Crippen LogP contribution in [0.25, 0.3) is 22.2 Å². The number of anilines is 1. The number of H-pyrrole nitrogens is 1. The monoisotopic (exact) mass is 314 g/mol. The third-order valence-corrected chi connectivity index (χ3v) is 3.65. The van der Waals surface area contributed by atoms with E-state index in [0.29, 0.717) is 25.5 Å². The molecule has 0 atom stereocenters. The van der Waals surface area contributed by atoms with Gasteiger partial charge in [0.2, 0.25) is 0 Å². The van der Waals surface area contributed by atoms with Crippen molar-refractivity contribution in [2.75, 3.05) is 26.1 Å². The van der Waals surface area contributed by atoms with Crippen LogP contribution < -0.4 is 5.73 Å². The molecule has 0 aliphatic rings. The standard InChI is InChI=1S/C18H19FN2O2/c1-22-5-6-23-11-12-7-14-10-17(21-18(14)16(20)8-12)13-3-2-4-15(19)9-13/h2-4,7-10,21H,5-6,11,20H2,1H3.